The highest BCUT2D eigenvalue weighted by Gasteiger charge is 2.21. The number of benzene rings is 1. The molecule has 0 aliphatic heterocycles. The van der Waals surface area contributed by atoms with Gasteiger partial charge in [0.1, 0.15) is 5.75 Å². The maximum atomic E-state index is 5.95. The summed E-state index contributed by atoms with van der Waals surface area (Å²) in [7, 11) is 0. The molecule has 1 aromatic rings. The molecule has 0 amide bonds. The quantitative estimate of drug-likeness (QED) is 0.793. The summed E-state index contributed by atoms with van der Waals surface area (Å²) in [6.45, 7) is 11.2. The first-order chi connectivity index (χ1) is 8.74. The Kier molecular flexibility index (Phi) is 5.36. The molecule has 0 bridgehead atoms. The smallest absolute Gasteiger partial charge is 0.122 e. The Morgan fingerprint density at radius 3 is 2.53 bits per heavy atom. The monoisotopic (exact) mass is 279 g/mol. The Bertz CT molecular complexity index is 452. The van der Waals surface area contributed by atoms with Crippen LogP contribution in [0.1, 0.15) is 51.2 Å². The van der Waals surface area contributed by atoms with Gasteiger partial charge in [-0.25, -0.2) is 0 Å². The number of hydrogen-bond acceptors (Lipinski definition) is 2. The summed E-state index contributed by atoms with van der Waals surface area (Å²) in [5.74, 6) is 1.44. The lowest BCUT2D eigenvalue weighted by atomic mass is 9.90. The average molecular weight is 279 g/mol. The minimum absolute atomic E-state index is 0.156. The van der Waals surface area contributed by atoms with Crippen molar-refractivity contribution in [2.24, 2.45) is 11.1 Å². The van der Waals surface area contributed by atoms with Gasteiger partial charge < -0.3 is 10.5 Å². The molecule has 0 aliphatic carbocycles. The van der Waals surface area contributed by atoms with Crippen LogP contribution >= 0.6 is 12.2 Å². The Morgan fingerprint density at radius 2 is 2.00 bits per heavy atom. The van der Waals surface area contributed by atoms with Crippen LogP contribution in [0.25, 0.3) is 0 Å². The van der Waals surface area contributed by atoms with Gasteiger partial charge in [-0.2, -0.15) is 0 Å². The van der Waals surface area contributed by atoms with Crippen molar-refractivity contribution < 1.29 is 4.74 Å². The molecule has 2 nitrogen and oxygen atoms in total. The minimum Gasteiger partial charge on any atom is -0.493 e. The zero-order valence-electron chi connectivity index (χ0n) is 12.6. The second kappa shape index (κ2) is 6.38. The van der Waals surface area contributed by atoms with Gasteiger partial charge in [0, 0.05) is 5.41 Å². The van der Waals surface area contributed by atoms with E-state index in [1.54, 1.807) is 0 Å². The van der Waals surface area contributed by atoms with E-state index in [0.717, 1.165) is 12.2 Å². The summed E-state index contributed by atoms with van der Waals surface area (Å²) in [6, 6.07) is 6.37. The van der Waals surface area contributed by atoms with E-state index in [1.807, 2.05) is 0 Å². The van der Waals surface area contributed by atoms with Crippen molar-refractivity contribution >= 4 is 17.2 Å². The van der Waals surface area contributed by atoms with Crippen LogP contribution in [0.2, 0.25) is 0 Å². The van der Waals surface area contributed by atoms with Crippen molar-refractivity contribution in [3.8, 4) is 5.75 Å². The van der Waals surface area contributed by atoms with Crippen molar-refractivity contribution in [2.45, 2.75) is 47.0 Å². The van der Waals surface area contributed by atoms with Crippen molar-refractivity contribution in [3.05, 3.63) is 29.3 Å². The molecule has 0 unspecified atom stereocenters. The zero-order chi connectivity index (χ0) is 14.6. The number of aryl methyl sites for hydroxylation is 1. The summed E-state index contributed by atoms with van der Waals surface area (Å²) >= 11 is 5.07. The Balaban J connectivity index is 2.72. The van der Waals surface area contributed by atoms with Crippen LogP contribution in [-0.2, 0) is 0 Å². The standard InChI is InChI=1S/C16H25NOS/c1-11(2)13-7-6-12(3)10-14(13)18-9-8-16(4,5)15(17)19/h6-7,10-11H,8-9H2,1-5H3,(H2,17,19). The largest absolute Gasteiger partial charge is 0.493 e. The fourth-order valence-corrected chi connectivity index (χ4v) is 1.88. The molecule has 1 rings (SSSR count). The van der Waals surface area contributed by atoms with E-state index >= 15 is 0 Å². The summed E-state index contributed by atoms with van der Waals surface area (Å²) in [6.07, 6.45) is 0.827. The highest BCUT2D eigenvalue weighted by Crippen LogP contribution is 2.28. The molecule has 0 aromatic heterocycles. The molecule has 0 atom stereocenters. The number of nitrogens with two attached hydrogens (primary N) is 1. The molecule has 1 aromatic carbocycles. The predicted molar refractivity (Wildman–Crippen MR) is 85.9 cm³/mol. The molecule has 0 saturated carbocycles. The number of ether oxygens (including phenoxy) is 1. The molecule has 0 spiro atoms. The molecule has 0 fully saturated rings. The van der Waals surface area contributed by atoms with Crippen LogP contribution in [0.5, 0.6) is 5.75 Å². The van der Waals surface area contributed by atoms with Gasteiger partial charge in [-0.15, -0.1) is 0 Å². The van der Waals surface area contributed by atoms with E-state index in [1.165, 1.54) is 11.1 Å². The van der Waals surface area contributed by atoms with Gasteiger partial charge >= 0.3 is 0 Å². The SMILES string of the molecule is Cc1ccc(C(C)C)c(OCCC(C)(C)C(N)=S)c1. The normalized spacial score (nSPS) is 11.7. The van der Waals surface area contributed by atoms with Crippen molar-refractivity contribution in [3.63, 3.8) is 0 Å². The van der Waals surface area contributed by atoms with Crippen molar-refractivity contribution in [2.75, 3.05) is 6.61 Å². The number of thiocarbonyl (C=S) groups is 1. The molecule has 0 saturated heterocycles. The fraction of sp³-hybridized carbons (Fsp3) is 0.562. The third kappa shape index (κ3) is 4.50. The van der Waals surface area contributed by atoms with Gasteiger partial charge in [0.2, 0.25) is 0 Å². The molecule has 106 valence electrons. The summed E-state index contributed by atoms with van der Waals surface area (Å²) in [5.41, 5.74) is 8.04. The molecule has 2 N–H and O–H groups in total. The Hall–Kier alpha value is -1.09. The number of hydrogen-bond donors (Lipinski definition) is 1. The van der Waals surface area contributed by atoms with E-state index in [4.69, 9.17) is 22.7 Å². The Morgan fingerprint density at radius 1 is 1.37 bits per heavy atom. The van der Waals surface area contributed by atoms with Crippen LogP contribution in [0.15, 0.2) is 18.2 Å². The lowest BCUT2D eigenvalue weighted by Crippen LogP contribution is -2.31. The summed E-state index contributed by atoms with van der Waals surface area (Å²) in [5, 5.41) is 0. The van der Waals surface area contributed by atoms with Crippen LogP contribution in [0.4, 0.5) is 0 Å². The second-order valence-electron chi connectivity index (χ2n) is 6.04. The maximum Gasteiger partial charge on any atom is 0.122 e. The zero-order valence-corrected chi connectivity index (χ0v) is 13.4. The molecule has 3 heteroatoms. The maximum absolute atomic E-state index is 5.95. The van der Waals surface area contributed by atoms with Crippen molar-refractivity contribution in [1.29, 1.82) is 0 Å². The fourth-order valence-electron chi connectivity index (χ4n) is 1.78. The van der Waals surface area contributed by atoms with E-state index < -0.39 is 0 Å². The first kappa shape index (κ1) is 16.0. The molecular weight excluding hydrogens is 254 g/mol. The van der Waals surface area contributed by atoms with E-state index in [-0.39, 0.29) is 5.41 Å². The second-order valence-corrected chi connectivity index (χ2v) is 6.48. The first-order valence-electron chi connectivity index (χ1n) is 6.77. The average Bonchev–Trinajstić information content (AvgIpc) is 2.28. The van der Waals surface area contributed by atoms with Gasteiger partial charge in [0.15, 0.2) is 0 Å². The molecule has 0 radical (unpaired) electrons. The van der Waals surface area contributed by atoms with Gasteiger partial charge in [0.25, 0.3) is 0 Å². The molecule has 19 heavy (non-hydrogen) atoms. The lowest BCUT2D eigenvalue weighted by molar-refractivity contribution is 0.267. The number of rotatable bonds is 6. The molecule has 0 aliphatic rings. The van der Waals surface area contributed by atoms with Crippen LogP contribution in [0, 0.1) is 12.3 Å². The van der Waals surface area contributed by atoms with Crippen LogP contribution in [0.3, 0.4) is 0 Å². The van der Waals surface area contributed by atoms with E-state index in [2.05, 4.69) is 52.8 Å². The van der Waals surface area contributed by atoms with Gasteiger partial charge in [0.05, 0.1) is 11.6 Å². The van der Waals surface area contributed by atoms with Gasteiger partial charge in [-0.3, -0.25) is 0 Å². The van der Waals surface area contributed by atoms with E-state index in [0.29, 0.717) is 17.5 Å². The molecular formula is C16H25NOS. The van der Waals surface area contributed by atoms with Crippen molar-refractivity contribution in [1.82, 2.24) is 0 Å². The third-order valence-corrected chi connectivity index (χ3v) is 4.00. The van der Waals surface area contributed by atoms with Gasteiger partial charge in [-0.05, 0) is 36.5 Å². The molecule has 0 heterocycles. The van der Waals surface area contributed by atoms with Crippen LogP contribution in [-0.4, -0.2) is 11.6 Å². The lowest BCUT2D eigenvalue weighted by Gasteiger charge is -2.23. The summed E-state index contributed by atoms with van der Waals surface area (Å²) in [4.78, 5) is 0.546. The van der Waals surface area contributed by atoms with E-state index in [9.17, 15) is 0 Å². The Labute approximate surface area is 122 Å². The highest BCUT2D eigenvalue weighted by molar-refractivity contribution is 7.80. The first-order valence-corrected chi connectivity index (χ1v) is 7.18. The third-order valence-electron chi connectivity index (χ3n) is 3.44. The topological polar surface area (TPSA) is 35.2 Å². The van der Waals surface area contributed by atoms with Crippen LogP contribution < -0.4 is 10.5 Å². The summed E-state index contributed by atoms with van der Waals surface area (Å²) < 4.78 is 5.95. The van der Waals surface area contributed by atoms with Gasteiger partial charge in [-0.1, -0.05) is 52.0 Å². The highest BCUT2D eigenvalue weighted by atomic mass is 32.1. The minimum atomic E-state index is -0.156. The predicted octanol–water partition coefficient (Wildman–Crippen LogP) is 4.20.